The average Bonchev–Trinajstić information content (AvgIpc) is 2.74. The molecule has 0 aliphatic heterocycles. The highest BCUT2D eigenvalue weighted by atomic mass is 19.4. The van der Waals surface area contributed by atoms with Crippen molar-refractivity contribution >= 4 is 5.91 Å². The first-order chi connectivity index (χ1) is 7.95. The Morgan fingerprint density at radius 2 is 2.18 bits per heavy atom. The maximum Gasteiger partial charge on any atom is 0.471 e. The van der Waals surface area contributed by atoms with Gasteiger partial charge in [0.1, 0.15) is 5.76 Å². The Kier molecular flexibility index (Phi) is 4.56. The van der Waals surface area contributed by atoms with Gasteiger partial charge < -0.3 is 15.1 Å². The molecule has 0 aromatic carbocycles. The molecule has 1 rings (SSSR count). The predicted octanol–water partition coefficient (Wildman–Crippen LogP) is 1.52. The Labute approximate surface area is 96.2 Å². The number of carbonyl (C=O) groups excluding carboxylic acids is 1. The molecule has 0 unspecified atom stereocenters. The smallest absolute Gasteiger partial charge is 0.467 e. The maximum absolute atomic E-state index is 12.3. The summed E-state index contributed by atoms with van der Waals surface area (Å²) in [4.78, 5) is 11.8. The predicted molar refractivity (Wildman–Crippen MR) is 53.9 cm³/mol. The molecule has 1 aromatic heterocycles. The van der Waals surface area contributed by atoms with Crippen molar-refractivity contribution in [3.63, 3.8) is 0 Å². The Bertz CT molecular complexity index is 349. The van der Waals surface area contributed by atoms with E-state index in [0.29, 0.717) is 17.1 Å². The minimum absolute atomic E-state index is 0.0461. The number of hydrogen-bond donors (Lipinski definition) is 1. The minimum Gasteiger partial charge on any atom is -0.467 e. The van der Waals surface area contributed by atoms with Gasteiger partial charge in [-0.2, -0.15) is 13.2 Å². The molecule has 0 spiro atoms. The van der Waals surface area contributed by atoms with Crippen LogP contribution in [-0.2, 0) is 11.3 Å². The standard InChI is InChI=1S/C10H13F3N2O2/c11-10(12,13)9(16)15(5-2-4-14)7-8-3-1-6-17-8/h1,3,6H,2,4-5,7,14H2. The van der Waals surface area contributed by atoms with Gasteiger partial charge >= 0.3 is 12.1 Å². The van der Waals surface area contributed by atoms with Crippen molar-refractivity contribution < 1.29 is 22.4 Å². The maximum atomic E-state index is 12.3. The largest absolute Gasteiger partial charge is 0.471 e. The quantitative estimate of drug-likeness (QED) is 0.861. The molecule has 1 heterocycles. The molecule has 1 aromatic rings. The van der Waals surface area contributed by atoms with Gasteiger partial charge in [0, 0.05) is 6.54 Å². The summed E-state index contributed by atoms with van der Waals surface area (Å²) < 4.78 is 41.8. The molecule has 17 heavy (non-hydrogen) atoms. The lowest BCUT2D eigenvalue weighted by atomic mass is 10.3. The lowest BCUT2D eigenvalue weighted by Gasteiger charge is -2.22. The highest BCUT2D eigenvalue weighted by Crippen LogP contribution is 2.20. The monoisotopic (exact) mass is 250 g/mol. The fourth-order valence-corrected chi connectivity index (χ4v) is 1.30. The summed E-state index contributed by atoms with van der Waals surface area (Å²) in [7, 11) is 0. The molecule has 0 radical (unpaired) electrons. The van der Waals surface area contributed by atoms with Crippen LogP contribution >= 0.6 is 0 Å². The topological polar surface area (TPSA) is 59.5 Å². The molecule has 0 saturated heterocycles. The van der Waals surface area contributed by atoms with Crippen molar-refractivity contribution in [2.45, 2.75) is 19.1 Å². The molecule has 2 N–H and O–H groups in total. The highest BCUT2D eigenvalue weighted by Gasteiger charge is 2.42. The van der Waals surface area contributed by atoms with Gasteiger partial charge in [-0.25, -0.2) is 0 Å². The second-order valence-electron chi connectivity index (χ2n) is 3.45. The van der Waals surface area contributed by atoms with E-state index in [9.17, 15) is 18.0 Å². The second-order valence-corrected chi connectivity index (χ2v) is 3.45. The third-order valence-electron chi connectivity index (χ3n) is 2.09. The molecule has 0 aliphatic rings. The van der Waals surface area contributed by atoms with Gasteiger partial charge in [0.05, 0.1) is 12.8 Å². The Hall–Kier alpha value is -1.50. The number of hydrogen-bond acceptors (Lipinski definition) is 3. The van der Waals surface area contributed by atoms with E-state index in [1.165, 1.54) is 12.3 Å². The lowest BCUT2D eigenvalue weighted by Crippen LogP contribution is -2.41. The molecule has 4 nitrogen and oxygen atoms in total. The summed E-state index contributed by atoms with van der Waals surface area (Å²) in [6.07, 6.45) is -3.22. The van der Waals surface area contributed by atoms with Gasteiger partial charge in [-0.15, -0.1) is 0 Å². The fourth-order valence-electron chi connectivity index (χ4n) is 1.30. The van der Waals surface area contributed by atoms with Gasteiger partial charge in [-0.05, 0) is 25.1 Å². The first kappa shape index (κ1) is 13.6. The van der Waals surface area contributed by atoms with Gasteiger partial charge in [-0.1, -0.05) is 0 Å². The van der Waals surface area contributed by atoms with Gasteiger partial charge in [0.25, 0.3) is 0 Å². The third kappa shape index (κ3) is 4.10. The van der Waals surface area contributed by atoms with Crippen LogP contribution in [0.3, 0.4) is 0 Å². The van der Waals surface area contributed by atoms with Crippen molar-refractivity contribution in [2.24, 2.45) is 5.73 Å². The van der Waals surface area contributed by atoms with E-state index < -0.39 is 12.1 Å². The molecule has 7 heteroatoms. The number of carbonyl (C=O) groups is 1. The molecular formula is C10H13F3N2O2. The van der Waals surface area contributed by atoms with Crippen molar-refractivity contribution in [1.82, 2.24) is 4.90 Å². The summed E-state index contributed by atoms with van der Waals surface area (Å²) in [5, 5.41) is 0. The first-order valence-corrected chi connectivity index (χ1v) is 5.03. The van der Waals surface area contributed by atoms with Crippen LogP contribution in [0.1, 0.15) is 12.2 Å². The summed E-state index contributed by atoms with van der Waals surface area (Å²) in [6.45, 7) is -0.0271. The zero-order valence-corrected chi connectivity index (χ0v) is 9.04. The molecule has 0 aliphatic carbocycles. The summed E-state index contributed by atoms with van der Waals surface area (Å²) in [6, 6.07) is 3.06. The van der Waals surface area contributed by atoms with Crippen LogP contribution in [0, 0.1) is 0 Å². The zero-order chi connectivity index (χ0) is 12.9. The molecule has 0 saturated carbocycles. The molecule has 0 atom stereocenters. The van der Waals surface area contributed by atoms with E-state index in [-0.39, 0.29) is 19.6 Å². The number of nitrogens with two attached hydrogens (primary N) is 1. The Morgan fingerprint density at radius 3 is 2.65 bits per heavy atom. The number of halogens is 3. The van der Waals surface area contributed by atoms with Crippen LogP contribution in [0.2, 0.25) is 0 Å². The molecule has 0 bridgehead atoms. The van der Waals surface area contributed by atoms with Crippen molar-refractivity contribution in [1.29, 1.82) is 0 Å². The van der Waals surface area contributed by atoms with Gasteiger partial charge in [-0.3, -0.25) is 4.79 Å². The average molecular weight is 250 g/mol. The van der Waals surface area contributed by atoms with E-state index in [0.717, 1.165) is 0 Å². The third-order valence-corrected chi connectivity index (χ3v) is 2.09. The van der Waals surface area contributed by atoms with Gasteiger partial charge in [0.2, 0.25) is 0 Å². The van der Waals surface area contributed by atoms with Crippen molar-refractivity contribution in [3.8, 4) is 0 Å². The minimum atomic E-state index is -4.87. The fraction of sp³-hybridized carbons (Fsp3) is 0.500. The van der Waals surface area contributed by atoms with Crippen LogP contribution in [0.4, 0.5) is 13.2 Å². The molecule has 96 valence electrons. The number of alkyl halides is 3. The normalized spacial score (nSPS) is 11.5. The van der Waals surface area contributed by atoms with Crippen LogP contribution in [0.5, 0.6) is 0 Å². The number of rotatable bonds is 5. The van der Waals surface area contributed by atoms with Crippen LogP contribution in [0.15, 0.2) is 22.8 Å². The second kappa shape index (κ2) is 5.72. The lowest BCUT2D eigenvalue weighted by molar-refractivity contribution is -0.186. The summed E-state index contributed by atoms with van der Waals surface area (Å²) >= 11 is 0. The zero-order valence-electron chi connectivity index (χ0n) is 9.04. The van der Waals surface area contributed by atoms with E-state index >= 15 is 0 Å². The van der Waals surface area contributed by atoms with E-state index in [2.05, 4.69) is 0 Å². The van der Waals surface area contributed by atoms with E-state index in [1.54, 1.807) is 6.07 Å². The van der Waals surface area contributed by atoms with Crippen molar-refractivity contribution in [2.75, 3.05) is 13.1 Å². The van der Waals surface area contributed by atoms with Crippen molar-refractivity contribution in [3.05, 3.63) is 24.2 Å². The molecular weight excluding hydrogens is 237 g/mol. The van der Waals surface area contributed by atoms with Crippen LogP contribution in [0.25, 0.3) is 0 Å². The van der Waals surface area contributed by atoms with Crippen LogP contribution < -0.4 is 5.73 Å². The Balaban J connectivity index is 2.70. The summed E-state index contributed by atoms with van der Waals surface area (Å²) in [5.74, 6) is -1.57. The summed E-state index contributed by atoms with van der Waals surface area (Å²) in [5.41, 5.74) is 5.22. The highest BCUT2D eigenvalue weighted by molar-refractivity contribution is 5.81. The number of furan rings is 1. The molecule has 0 fully saturated rings. The van der Waals surface area contributed by atoms with Crippen LogP contribution in [-0.4, -0.2) is 30.1 Å². The van der Waals surface area contributed by atoms with E-state index in [1.807, 2.05) is 0 Å². The Morgan fingerprint density at radius 1 is 1.47 bits per heavy atom. The molecule has 1 amide bonds. The number of nitrogens with zero attached hydrogens (tertiary/aromatic N) is 1. The SMILES string of the molecule is NCCCN(Cc1ccco1)C(=O)C(F)(F)F. The van der Waals surface area contributed by atoms with E-state index in [4.69, 9.17) is 10.2 Å². The van der Waals surface area contributed by atoms with Gasteiger partial charge in [0.15, 0.2) is 0 Å². The first-order valence-electron chi connectivity index (χ1n) is 5.03. The number of amides is 1.